The summed E-state index contributed by atoms with van der Waals surface area (Å²) < 4.78 is 5.32. The Morgan fingerprint density at radius 3 is 2.14 bits per heavy atom. The number of carbonyl (C=O) groups excluding carboxylic acids is 2. The van der Waals surface area contributed by atoms with E-state index in [1.54, 1.807) is 0 Å². The predicted molar refractivity (Wildman–Crippen MR) is 105 cm³/mol. The van der Waals surface area contributed by atoms with Gasteiger partial charge in [0.05, 0.1) is 6.61 Å². The van der Waals surface area contributed by atoms with Gasteiger partial charge in [0.15, 0.2) is 5.78 Å². The number of carboxylic acid groups (broad SMARTS) is 1. The van der Waals surface area contributed by atoms with Gasteiger partial charge in [-0.2, -0.15) is 0 Å². The standard InChI is InChI=1S/C22H21NO6/c1-13(21(26)27)10-20(25)19(11-24)23-22(28)29-12-18-16-8-4-2-6-14(16)15-7-3-5-9-17(15)18/h2-10,18-19,24H,11-12H2,1H3,(H,23,28)(H,26,27)/t19-/m0/s1. The number of aliphatic hydroxyl groups excluding tert-OH is 1. The predicted octanol–water partition coefficient (Wildman–Crippen LogP) is 2.49. The number of benzene rings is 2. The molecule has 0 saturated carbocycles. The van der Waals surface area contributed by atoms with Crippen molar-refractivity contribution in [1.82, 2.24) is 5.32 Å². The molecule has 0 bridgehead atoms. The average Bonchev–Trinajstić information content (AvgIpc) is 3.04. The minimum Gasteiger partial charge on any atom is -0.478 e. The summed E-state index contributed by atoms with van der Waals surface area (Å²) in [6.45, 7) is 0.643. The van der Waals surface area contributed by atoms with Gasteiger partial charge in [-0.05, 0) is 35.3 Å². The lowest BCUT2D eigenvalue weighted by Gasteiger charge is -2.17. The first-order valence-electron chi connectivity index (χ1n) is 9.10. The monoisotopic (exact) mass is 395 g/mol. The number of fused-ring (bicyclic) bond motifs is 3. The molecular weight excluding hydrogens is 374 g/mol. The zero-order chi connectivity index (χ0) is 21.0. The van der Waals surface area contributed by atoms with Gasteiger partial charge in [-0.3, -0.25) is 4.79 Å². The van der Waals surface area contributed by atoms with Crippen LogP contribution in [0.4, 0.5) is 4.79 Å². The first-order chi connectivity index (χ1) is 13.9. The third-order valence-electron chi connectivity index (χ3n) is 4.86. The van der Waals surface area contributed by atoms with Crippen LogP contribution >= 0.6 is 0 Å². The number of hydrogen-bond donors (Lipinski definition) is 3. The highest BCUT2D eigenvalue weighted by molar-refractivity contribution is 6.02. The number of hydrogen-bond acceptors (Lipinski definition) is 5. The molecule has 0 saturated heterocycles. The summed E-state index contributed by atoms with van der Waals surface area (Å²) in [4.78, 5) is 35.0. The van der Waals surface area contributed by atoms with Crippen LogP contribution in [-0.2, 0) is 14.3 Å². The third-order valence-corrected chi connectivity index (χ3v) is 4.86. The maximum absolute atomic E-state index is 12.2. The van der Waals surface area contributed by atoms with E-state index < -0.39 is 30.5 Å². The van der Waals surface area contributed by atoms with Crippen LogP contribution in [0.3, 0.4) is 0 Å². The number of nitrogens with one attached hydrogen (secondary N) is 1. The quantitative estimate of drug-likeness (QED) is 0.621. The van der Waals surface area contributed by atoms with E-state index in [0.717, 1.165) is 28.3 Å². The van der Waals surface area contributed by atoms with Gasteiger partial charge in [0.25, 0.3) is 0 Å². The van der Waals surface area contributed by atoms with Crippen LogP contribution in [0.15, 0.2) is 60.2 Å². The Morgan fingerprint density at radius 1 is 1.07 bits per heavy atom. The fourth-order valence-electron chi connectivity index (χ4n) is 3.36. The highest BCUT2D eigenvalue weighted by atomic mass is 16.5. The van der Waals surface area contributed by atoms with Gasteiger partial charge in [-0.25, -0.2) is 9.59 Å². The summed E-state index contributed by atoms with van der Waals surface area (Å²) in [6, 6.07) is 14.5. The van der Waals surface area contributed by atoms with Gasteiger partial charge in [-0.15, -0.1) is 0 Å². The number of amides is 1. The van der Waals surface area contributed by atoms with Crippen LogP contribution in [0.5, 0.6) is 0 Å². The molecule has 0 radical (unpaired) electrons. The van der Waals surface area contributed by atoms with Crippen LogP contribution in [0.1, 0.15) is 24.0 Å². The Hall–Kier alpha value is -3.45. The van der Waals surface area contributed by atoms with Crippen LogP contribution in [0, 0.1) is 0 Å². The Kier molecular flexibility index (Phi) is 6.09. The van der Waals surface area contributed by atoms with E-state index in [4.69, 9.17) is 9.84 Å². The minimum absolute atomic E-state index is 0.0657. The molecule has 3 rings (SSSR count). The number of carbonyl (C=O) groups is 3. The second-order valence-electron chi connectivity index (χ2n) is 6.74. The zero-order valence-corrected chi connectivity index (χ0v) is 15.8. The van der Waals surface area contributed by atoms with Crippen LogP contribution in [0.2, 0.25) is 0 Å². The highest BCUT2D eigenvalue weighted by Crippen LogP contribution is 2.44. The zero-order valence-electron chi connectivity index (χ0n) is 15.8. The third kappa shape index (κ3) is 4.35. The summed E-state index contributed by atoms with van der Waals surface area (Å²) in [5, 5.41) is 20.5. The molecule has 0 aliphatic heterocycles. The number of rotatable bonds is 7. The molecule has 0 aromatic heterocycles. The minimum atomic E-state index is -1.28. The number of ketones is 1. The molecule has 7 heteroatoms. The summed E-state index contributed by atoms with van der Waals surface area (Å²) >= 11 is 0. The van der Waals surface area contributed by atoms with E-state index in [9.17, 15) is 19.5 Å². The van der Waals surface area contributed by atoms with Gasteiger partial charge in [-0.1, -0.05) is 48.5 Å². The smallest absolute Gasteiger partial charge is 0.407 e. The van der Waals surface area contributed by atoms with Gasteiger partial charge in [0.2, 0.25) is 0 Å². The van der Waals surface area contributed by atoms with Crippen LogP contribution in [-0.4, -0.2) is 47.3 Å². The van der Waals surface area contributed by atoms with Crippen molar-refractivity contribution in [2.24, 2.45) is 0 Å². The number of aliphatic hydroxyl groups is 1. The molecule has 1 aliphatic rings. The topological polar surface area (TPSA) is 113 Å². The molecule has 3 N–H and O–H groups in total. The van der Waals surface area contributed by atoms with Crippen LogP contribution < -0.4 is 5.32 Å². The van der Waals surface area contributed by atoms with E-state index in [0.29, 0.717) is 0 Å². The Bertz CT molecular complexity index is 935. The Morgan fingerprint density at radius 2 is 1.62 bits per heavy atom. The van der Waals surface area contributed by atoms with E-state index >= 15 is 0 Å². The lowest BCUT2D eigenvalue weighted by atomic mass is 9.98. The average molecular weight is 395 g/mol. The number of ether oxygens (including phenoxy) is 1. The normalized spacial score (nSPS) is 13.9. The molecule has 1 aliphatic carbocycles. The number of alkyl carbamates (subject to hydrolysis) is 1. The maximum atomic E-state index is 12.2. The van der Waals surface area contributed by atoms with Crippen molar-refractivity contribution in [3.05, 3.63) is 71.3 Å². The van der Waals surface area contributed by atoms with Gasteiger partial charge >= 0.3 is 12.1 Å². The van der Waals surface area contributed by atoms with Crippen molar-refractivity contribution in [2.75, 3.05) is 13.2 Å². The van der Waals surface area contributed by atoms with E-state index in [1.807, 2.05) is 48.5 Å². The van der Waals surface area contributed by atoms with Gasteiger partial charge in [0, 0.05) is 11.5 Å². The molecular formula is C22H21NO6. The highest BCUT2D eigenvalue weighted by Gasteiger charge is 2.29. The van der Waals surface area contributed by atoms with E-state index in [1.165, 1.54) is 6.92 Å². The van der Waals surface area contributed by atoms with Crippen molar-refractivity contribution in [1.29, 1.82) is 0 Å². The molecule has 0 unspecified atom stereocenters. The second kappa shape index (κ2) is 8.70. The van der Waals surface area contributed by atoms with Crippen molar-refractivity contribution in [3.8, 4) is 11.1 Å². The maximum Gasteiger partial charge on any atom is 0.407 e. The number of aliphatic carboxylic acids is 1. The molecule has 7 nitrogen and oxygen atoms in total. The molecule has 1 atom stereocenters. The Labute approximate surface area is 167 Å². The summed E-state index contributed by atoms with van der Waals surface area (Å²) in [5.41, 5.74) is 4.10. The molecule has 0 spiro atoms. The van der Waals surface area contributed by atoms with Crippen LogP contribution in [0.25, 0.3) is 11.1 Å². The summed E-state index contributed by atoms with van der Waals surface area (Å²) in [6.07, 6.45) is 0.00750. The molecule has 150 valence electrons. The first kappa shape index (κ1) is 20.3. The largest absolute Gasteiger partial charge is 0.478 e. The Balaban J connectivity index is 1.67. The fraction of sp³-hybridized carbons (Fsp3) is 0.227. The first-order valence-corrected chi connectivity index (χ1v) is 9.10. The molecule has 2 aromatic carbocycles. The molecule has 0 fully saturated rings. The fourth-order valence-corrected chi connectivity index (χ4v) is 3.36. The summed E-state index contributed by atoms with van der Waals surface area (Å²) in [5.74, 6) is -2.11. The summed E-state index contributed by atoms with van der Waals surface area (Å²) in [7, 11) is 0. The molecule has 2 aromatic rings. The lowest BCUT2D eigenvalue weighted by molar-refractivity contribution is -0.133. The van der Waals surface area contributed by atoms with Gasteiger partial charge < -0.3 is 20.3 Å². The second-order valence-corrected chi connectivity index (χ2v) is 6.74. The molecule has 29 heavy (non-hydrogen) atoms. The van der Waals surface area contributed by atoms with Crippen molar-refractivity contribution in [2.45, 2.75) is 18.9 Å². The van der Waals surface area contributed by atoms with Crippen molar-refractivity contribution in [3.63, 3.8) is 0 Å². The number of carboxylic acids is 1. The van der Waals surface area contributed by atoms with E-state index in [2.05, 4.69) is 5.32 Å². The molecule has 1 amide bonds. The van der Waals surface area contributed by atoms with Crippen molar-refractivity contribution >= 4 is 17.8 Å². The lowest BCUT2D eigenvalue weighted by Crippen LogP contribution is -2.43. The SMILES string of the molecule is CC(=CC(=O)[C@H](CO)NC(=O)OCC1c2ccccc2-c2ccccc21)C(=O)O. The molecule has 0 heterocycles. The van der Waals surface area contributed by atoms with E-state index in [-0.39, 0.29) is 18.1 Å². The van der Waals surface area contributed by atoms with Crippen molar-refractivity contribution < 1.29 is 29.3 Å². The van der Waals surface area contributed by atoms with Gasteiger partial charge in [0.1, 0.15) is 12.6 Å².